The fraction of sp³-hybridized carbons (Fsp3) is 0.607. The van der Waals surface area contributed by atoms with Crippen molar-refractivity contribution in [2.75, 3.05) is 44.2 Å². The second kappa shape index (κ2) is 11.2. The third kappa shape index (κ3) is 5.74. The second-order valence-corrected chi connectivity index (χ2v) is 11.2. The Morgan fingerprint density at radius 3 is 2.09 bits per heavy atom. The van der Waals surface area contributed by atoms with Gasteiger partial charge in [-0.2, -0.15) is 0 Å². The summed E-state index contributed by atoms with van der Waals surface area (Å²) < 4.78 is 5.98. The molecule has 4 saturated carbocycles. The van der Waals surface area contributed by atoms with Crippen molar-refractivity contribution in [3.05, 3.63) is 54.2 Å². The molecule has 4 aliphatic carbocycles. The van der Waals surface area contributed by atoms with Crippen LogP contribution in [-0.4, -0.2) is 60.4 Å². The Morgan fingerprint density at radius 2 is 1.51 bits per heavy atom. The molecule has 0 radical (unpaired) electrons. The van der Waals surface area contributed by atoms with Crippen LogP contribution in [0.25, 0.3) is 0 Å². The molecular formula is C28H39Cl2N3O2. The zero-order valence-corrected chi connectivity index (χ0v) is 22.1. The highest BCUT2D eigenvalue weighted by Gasteiger charge is 2.51. The summed E-state index contributed by atoms with van der Waals surface area (Å²) in [5, 5.41) is 10.6. The van der Waals surface area contributed by atoms with E-state index < -0.39 is 6.10 Å². The number of aliphatic hydroxyl groups is 1. The lowest BCUT2D eigenvalue weighted by molar-refractivity contribution is -0.00522. The quantitative estimate of drug-likeness (QED) is 0.560. The van der Waals surface area contributed by atoms with Gasteiger partial charge in [0.2, 0.25) is 0 Å². The number of aliphatic hydroxyl groups excluding tert-OH is 1. The van der Waals surface area contributed by atoms with Gasteiger partial charge < -0.3 is 14.7 Å². The van der Waals surface area contributed by atoms with E-state index in [2.05, 4.69) is 45.1 Å². The summed E-state index contributed by atoms with van der Waals surface area (Å²) in [4.78, 5) is 9.08. The molecule has 1 N–H and O–H groups in total. The van der Waals surface area contributed by atoms with E-state index in [0.29, 0.717) is 18.6 Å². The lowest BCUT2D eigenvalue weighted by atomic mass is 9.48. The number of piperazine rings is 1. The summed E-state index contributed by atoms with van der Waals surface area (Å²) in [5.74, 6) is 4.81. The molecule has 1 aromatic heterocycles. The number of hydrogen-bond acceptors (Lipinski definition) is 5. The van der Waals surface area contributed by atoms with Gasteiger partial charge >= 0.3 is 0 Å². The smallest absolute Gasteiger partial charge is 0.128 e. The molecule has 1 atom stereocenters. The lowest BCUT2D eigenvalue weighted by Crippen LogP contribution is -2.49. The number of hydrogen-bond donors (Lipinski definition) is 1. The molecule has 7 heteroatoms. The van der Waals surface area contributed by atoms with Crippen molar-refractivity contribution in [1.82, 2.24) is 9.88 Å². The third-order valence-corrected chi connectivity index (χ3v) is 8.76. The van der Waals surface area contributed by atoms with Crippen molar-refractivity contribution in [2.45, 2.75) is 50.0 Å². The number of ether oxygens (including phenoxy) is 1. The first kappa shape index (κ1) is 26.5. The summed E-state index contributed by atoms with van der Waals surface area (Å²) in [6, 6.07) is 14.9. The largest absolute Gasteiger partial charge is 0.491 e. The van der Waals surface area contributed by atoms with Gasteiger partial charge in [0.05, 0.1) is 0 Å². The Kier molecular flexibility index (Phi) is 8.53. The van der Waals surface area contributed by atoms with Crippen LogP contribution in [0.5, 0.6) is 5.75 Å². The molecule has 2 heterocycles. The number of nitrogens with zero attached hydrogens (tertiary/aromatic N) is 3. The van der Waals surface area contributed by atoms with Crippen LogP contribution in [-0.2, 0) is 5.41 Å². The highest BCUT2D eigenvalue weighted by atomic mass is 35.5. The summed E-state index contributed by atoms with van der Waals surface area (Å²) >= 11 is 0. The zero-order valence-electron chi connectivity index (χ0n) is 20.4. The summed E-state index contributed by atoms with van der Waals surface area (Å²) in [6.45, 7) is 4.76. The van der Waals surface area contributed by atoms with Gasteiger partial charge in [-0.1, -0.05) is 18.2 Å². The van der Waals surface area contributed by atoms with Crippen LogP contribution in [0.4, 0.5) is 5.82 Å². The molecule has 1 saturated heterocycles. The number of rotatable bonds is 7. The predicted molar refractivity (Wildman–Crippen MR) is 145 cm³/mol. The Labute approximate surface area is 222 Å². The first-order chi connectivity index (χ1) is 16.1. The SMILES string of the molecule is Cl.Cl.OC(COc1ccc(C23CC4CC(CC(C4)C2)C3)cc1)CN1CCN(c2ccccn2)CC1. The van der Waals surface area contributed by atoms with Crippen molar-refractivity contribution >= 4 is 30.6 Å². The van der Waals surface area contributed by atoms with Gasteiger partial charge in [-0.25, -0.2) is 4.98 Å². The Bertz CT molecular complexity index is 900. The van der Waals surface area contributed by atoms with E-state index in [-0.39, 0.29) is 24.8 Å². The van der Waals surface area contributed by atoms with E-state index in [1.165, 1.54) is 44.1 Å². The Balaban J connectivity index is 0.00000144. The maximum atomic E-state index is 10.6. The average molecular weight is 521 g/mol. The molecule has 0 amide bonds. The molecule has 1 unspecified atom stereocenters. The number of pyridine rings is 1. The van der Waals surface area contributed by atoms with E-state index in [1.54, 1.807) is 0 Å². The van der Waals surface area contributed by atoms with Crippen LogP contribution in [0.3, 0.4) is 0 Å². The highest BCUT2D eigenvalue weighted by molar-refractivity contribution is 5.85. The van der Waals surface area contributed by atoms with Gasteiger partial charge in [0.1, 0.15) is 24.3 Å². The summed E-state index contributed by atoms with van der Waals surface area (Å²) in [6.07, 6.45) is 10.00. The molecular weight excluding hydrogens is 481 g/mol. The van der Waals surface area contributed by atoms with E-state index in [0.717, 1.165) is 55.5 Å². The molecule has 5 aliphatic rings. The predicted octanol–water partition coefficient (Wildman–Crippen LogP) is 4.95. The maximum absolute atomic E-state index is 10.6. The van der Waals surface area contributed by atoms with E-state index in [1.807, 2.05) is 18.3 Å². The molecule has 4 bridgehead atoms. The molecule has 7 rings (SSSR count). The van der Waals surface area contributed by atoms with Crippen molar-refractivity contribution in [3.8, 4) is 5.75 Å². The first-order valence-corrected chi connectivity index (χ1v) is 12.9. The molecule has 5 fully saturated rings. The Morgan fingerprint density at radius 1 is 0.886 bits per heavy atom. The van der Waals surface area contributed by atoms with Crippen molar-refractivity contribution in [1.29, 1.82) is 0 Å². The van der Waals surface area contributed by atoms with Crippen LogP contribution >= 0.6 is 24.8 Å². The average Bonchev–Trinajstić information content (AvgIpc) is 2.83. The minimum Gasteiger partial charge on any atom is -0.491 e. The number of aromatic nitrogens is 1. The normalized spacial score (nSPS) is 30.3. The summed E-state index contributed by atoms with van der Waals surface area (Å²) in [5.41, 5.74) is 1.96. The molecule has 35 heavy (non-hydrogen) atoms. The van der Waals surface area contributed by atoms with Gasteiger partial charge in [0, 0.05) is 38.9 Å². The minimum atomic E-state index is -0.478. The van der Waals surface area contributed by atoms with Gasteiger partial charge in [-0.3, -0.25) is 4.90 Å². The number of halogens is 2. The van der Waals surface area contributed by atoms with Gasteiger partial charge in [-0.15, -0.1) is 24.8 Å². The fourth-order valence-electron chi connectivity index (χ4n) is 7.61. The van der Waals surface area contributed by atoms with E-state index >= 15 is 0 Å². The number of β-amino-alcohol motifs (C(OH)–C–C–N with tert-alkyl or cyclic N) is 1. The molecule has 1 aliphatic heterocycles. The molecule has 1 aromatic carbocycles. The van der Waals surface area contributed by atoms with Crippen LogP contribution in [0.15, 0.2) is 48.7 Å². The van der Waals surface area contributed by atoms with Crippen molar-refractivity contribution < 1.29 is 9.84 Å². The zero-order chi connectivity index (χ0) is 22.3. The van der Waals surface area contributed by atoms with Gasteiger partial charge in [-0.05, 0) is 91.5 Å². The number of anilines is 1. The van der Waals surface area contributed by atoms with E-state index in [4.69, 9.17) is 4.74 Å². The van der Waals surface area contributed by atoms with Gasteiger partial charge in [0.25, 0.3) is 0 Å². The molecule has 2 aromatic rings. The van der Waals surface area contributed by atoms with Crippen LogP contribution in [0, 0.1) is 17.8 Å². The van der Waals surface area contributed by atoms with Crippen LogP contribution in [0.1, 0.15) is 44.1 Å². The highest BCUT2D eigenvalue weighted by Crippen LogP contribution is 2.60. The van der Waals surface area contributed by atoms with Crippen LogP contribution in [0.2, 0.25) is 0 Å². The second-order valence-electron chi connectivity index (χ2n) is 11.2. The van der Waals surface area contributed by atoms with Crippen LogP contribution < -0.4 is 9.64 Å². The molecule has 0 spiro atoms. The van der Waals surface area contributed by atoms with E-state index in [9.17, 15) is 5.11 Å². The minimum absolute atomic E-state index is 0. The molecule has 192 valence electrons. The lowest BCUT2D eigenvalue weighted by Gasteiger charge is -2.57. The Hall–Kier alpha value is -1.53. The van der Waals surface area contributed by atoms with Crippen molar-refractivity contribution in [3.63, 3.8) is 0 Å². The first-order valence-electron chi connectivity index (χ1n) is 12.9. The number of benzene rings is 1. The topological polar surface area (TPSA) is 48.8 Å². The van der Waals surface area contributed by atoms with Crippen molar-refractivity contribution in [2.24, 2.45) is 17.8 Å². The van der Waals surface area contributed by atoms with Gasteiger partial charge in [0.15, 0.2) is 0 Å². The third-order valence-electron chi connectivity index (χ3n) is 8.76. The standard InChI is InChI=1S/C28H37N3O2.2ClH/c32-25(19-30-9-11-31(12-10-30)27-3-1-2-8-29-27)20-33-26-6-4-24(5-7-26)28-16-21-13-22(17-28)15-23(14-21)18-28;;/h1-8,21-23,25,32H,9-20H2;2*1H. The monoisotopic (exact) mass is 519 g/mol. The fourth-order valence-corrected chi connectivity index (χ4v) is 7.61. The maximum Gasteiger partial charge on any atom is 0.128 e. The molecule has 5 nitrogen and oxygen atoms in total. The summed E-state index contributed by atoms with van der Waals surface area (Å²) in [7, 11) is 0.